The minimum absolute atomic E-state index is 0.131. The first kappa shape index (κ1) is 16.3. The van der Waals surface area contributed by atoms with Crippen LogP contribution in [0.4, 0.5) is 5.82 Å². The summed E-state index contributed by atoms with van der Waals surface area (Å²) in [7, 11) is 0. The zero-order valence-corrected chi connectivity index (χ0v) is 15.4. The van der Waals surface area contributed by atoms with E-state index in [9.17, 15) is 4.79 Å². The van der Waals surface area contributed by atoms with Crippen molar-refractivity contribution in [3.8, 4) is 0 Å². The molecule has 2 aromatic rings. The molecule has 3 aliphatic rings. The van der Waals surface area contributed by atoms with Gasteiger partial charge in [0.15, 0.2) is 0 Å². The third-order valence-electron chi connectivity index (χ3n) is 6.93. The van der Waals surface area contributed by atoms with Gasteiger partial charge in [-0.15, -0.1) is 0 Å². The van der Waals surface area contributed by atoms with Gasteiger partial charge in [-0.3, -0.25) is 4.57 Å². The Bertz CT molecular complexity index is 858. The van der Waals surface area contributed by atoms with Gasteiger partial charge in [0.25, 0.3) is 0 Å². The van der Waals surface area contributed by atoms with Crippen LogP contribution in [0, 0.1) is 5.41 Å². The van der Waals surface area contributed by atoms with Crippen LogP contribution in [-0.4, -0.2) is 40.1 Å². The van der Waals surface area contributed by atoms with Crippen molar-refractivity contribution < 1.29 is 0 Å². The Morgan fingerprint density at radius 2 is 1.85 bits per heavy atom. The number of likely N-dealkylation sites (tertiary alicyclic amines) is 1. The van der Waals surface area contributed by atoms with Crippen molar-refractivity contribution in [1.29, 1.82) is 0 Å². The van der Waals surface area contributed by atoms with Crippen LogP contribution in [0.2, 0.25) is 0 Å². The Hall–Kier alpha value is -1.88. The Labute approximate surface area is 154 Å². The maximum atomic E-state index is 12.4. The number of nitrogens with zero attached hydrogens (tertiary/aromatic N) is 3. The lowest BCUT2D eigenvalue weighted by molar-refractivity contribution is 0.0657. The van der Waals surface area contributed by atoms with Crippen LogP contribution in [0.25, 0.3) is 10.9 Å². The number of piperidine rings is 1. The summed E-state index contributed by atoms with van der Waals surface area (Å²) in [6.45, 7) is 4.17. The highest BCUT2D eigenvalue weighted by atomic mass is 16.1. The zero-order valence-electron chi connectivity index (χ0n) is 15.4. The third kappa shape index (κ3) is 2.82. The van der Waals surface area contributed by atoms with Gasteiger partial charge in [0.05, 0.1) is 18.1 Å². The summed E-state index contributed by atoms with van der Waals surface area (Å²) in [4.78, 5) is 19.2. The van der Waals surface area contributed by atoms with Gasteiger partial charge in [0, 0.05) is 11.9 Å². The SMILES string of the molecule is O=c1nc2ccccc2c2n1CC(CN1CCC3(CCCCC3)CC1)N2. The predicted octanol–water partition coefficient (Wildman–Crippen LogP) is 3.24. The molecule has 2 fully saturated rings. The van der Waals surface area contributed by atoms with E-state index in [0.29, 0.717) is 11.5 Å². The number of hydrogen-bond acceptors (Lipinski definition) is 4. The average Bonchev–Trinajstić information content (AvgIpc) is 3.09. The largest absolute Gasteiger partial charge is 0.365 e. The van der Waals surface area contributed by atoms with E-state index in [1.165, 1.54) is 58.0 Å². The van der Waals surface area contributed by atoms with E-state index in [-0.39, 0.29) is 5.69 Å². The Morgan fingerprint density at radius 1 is 1.08 bits per heavy atom. The number of nitrogens with one attached hydrogen (secondary N) is 1. The molecule has 0 radical (unpaired) electrons. The van der Waals surface area contributed by atoms with E-state index in [1.807, 2.05) is 22.8 Å². The molecule has 1 atom stereocenters. The van der Waals surface area contributed by atoms with Gasteiger partial charge in [0.2, 0.25) is 0 Å². The number of rotatable bonds is 2. The number of aromatic nitrogens is 2. The van der Waals surface area contributed by atoms with Crippen molar-refractivity contribution in [3.05, 3.63) is 34.7 Å². The minimum atomic E-state index is -0.131. The molecule has 1 aromatic heterocycles. The van der Waals surface area contributed by atoms with Crippen molar-refractivity contribution in [1.82, 2.24) is 14.5 Å². The monoisotopic (exact) mass is 352 g/mol. The van der Waals surface area contributed by atoms with Crippen LogP contribution < -0.4 is 11.0 Å². The van der Waals surface area contributed by atoms with Crippen LogP contribution in [0.1, 0.15) is 44.9 Å². The Kier molecular flexibility index (Phi) is 4.00. The second-order valence-electron chi connectivity index (χ2n) is 8.57. The molecule has 1 N–H and O–H groups in total. The molecule has 1 unspecified atom stereocenters. The summed E-state index contributed by atoms with van der Waals surface area (Å²) >= 11 is 0. The molecule has 138 valence electrons. The van der Waals surface area contributed by atoms with Gasteiger partial charge >= 0.3 is 5.69 Å². The summed E-state index contributed by atoms with van der Waals surface area (Å²) in [5.74, 6) is 0.950. The van der Waals surface area contributed by atoms with E-state index in [2.05, 4.69) is 21.3 Å². The maximum Gasteiger partial charge on any atom is 0.349 e. The van der Waals surface area contributed by atoms with Crippen molar-refractivity contribution in [3.63, 3.8) is 0 Å². The first-order valence-electron chi connectivity index (χ1n) is 10.2. The van der Waals surface area contributed by atoms with E-state index >= 15 is 0 Å². The van der Waals surface area contributed by atoms with Gasteiger partial charge in [-0.25, -0.2) is 4.79 Å². The second-order valence-corrected chi connectivity index (χ2v) is 8.57. The minimum Gasteiger partial charge on any atom is -0.365 e. The van der Waals surface area contributed by atoms with Gasteiger partial charge in [0.1, 0.15) is 5.82 Å². The maximum absolute atomic E-state index is 12.4. The smallest absolute Gasteiger partial charge is 0.349 e. The van der Waals surface area contributed by atoms with Gasteiger partial charge in [-0.1, -0.05) is 31.4 Å². The number of anilines is 1. The molecule has 26 heavy (non-hydrogen) atoms. The van der Waals surface area contributed by atoms with Crippen LogP contribution in [0.5, 0.6) is 0 Å². The van der Waals surface area contributed by atoms with Gasteiger partial charge in [-0.05, 0) is 56.3 Å². The fraction of sp³-hybridized carbons (Fsp3) is 0.619. The second kappa shape index (κ2) is 6.38. The van der Waals surface area contributed by atoms with E-state index in [0.717, 1.165) is 29.8 Å². The highest BCUT2D eigenvalue weighted by molar-refractivity contribution is 5.89. The third-order valence-corrected chi connectivity index (χ3v) is 6.93. The van der Waals surface area contributed by atoms with E-state index in [1.54, 1.807) is 0 Å². The normalized spacial score (nSPS) is 25.3. The molecule has 2 aliphatic heterocycles. The zero-order chi connectivity index (χ0) is 17.6. The van der Waals surface area contributed by atoms with Crippen LogP contribution in [-0.2, 0) is 6.54 Å². The van der Waals surface area contributed by atoms with Crippen molar-refractivity contribution in [2.45, 2.75) is 57.5 Å². The summed E-state index contributed by atoms with van der Waals surface area (Å²) in [6, 6.07) is 8.22. The fourth-order valence-electron chi connectivity index (χ4n) is 5.39. The highest BCUT2D eigenvalue weighted by Crippen LogP contribution is 2.44. The fourth-order valence-corrected chi connectivity index (χ4v) is 5.39. The first-order chi connectivity index (χ1) is 12.7. The topological polar surface area (TPSA) is 50.2 Å². The van der Waals surface area contributed by atoms with E-state index < -0.39 is 0 Å². The summed E-state index contributed by atoms with van der Waals surface area (Å²) in [5.41, 5.74) is 1.31. The summed E-state index contributed by atoms with van der Waals surface area (Å²) in [6.07, 6.45) is 9.91. The lowest BCUT2D eigenvalue weighted by Crippen LogP contribution is -2.45. The lowest BCUT2D eigenvalue weighted by Gasteiger charge is -2.44. The van der Waals surface area contributed by atoms with Crippen molar-refractivity contribution in [2.24, 2.45) is 5.41 Å². The van der Waals surface area contributed by atoms with E-state index in [4.69, 9.17) is 0 Å². The Balaban J connectivity index is 1.27. The molecule has 5 heteroatoms. The highest BCUT2D eigenvalue weighted by Gasteiger charge is 2.36. The average molecular weight is 352 g/mol. The quantitative estimate of drug-likeness (QED) is 0.901. The number of para-hydroxylation sites is 1. The molecule has 0 amide bonds. The predicted molar refractivity (Wildman–Crippen MR) is 105 cm³/mol. The summed E-state index contributed by atoms with van der Waals surface area (Å²) < 4.78 is 1.82. The lowest BCUT2D eigenvalue weighted by atomic mass is 9.68. The molecule has 1 saturated carbocycles. The molecule has 5 rings (SSSR count). The molecule has 1 saturated heterocycles. The Morgan fingerprint density at radius 3 is 2.65 bits per heavy atom. The molecule has 3 heterocycles. The van der Waals surface area contributed by atoms with Crippen LogP contribution >= 0.6 is 0 Å². The molecule has 1 aromatic carbocycles. The number of fused-ring (bicyclic) bond motifs is 3. The molecule has 1 spiro atoms. The number of benzene rings is 1. The van der Waals surface area contributed by atoms with Gasteiger partial charge in [-0.2, -0.15) is 4.98 Å². The van der Waals surface area contributed by atoms with Gasteiger partial charge < -0.3 is 10.2 Å². The molecule has 5 nitrogen and oxygen atoms in total. The molecule has 1 aliphatic carbocycles. The summed E-state index contributed by atoms with van der Waals surface area (Å²) in [5, 5.41) is 4.67. The van der Waals surface area contributed by atoms with Crippen molar-refractivity contribution in [2.75, 3.05) is 25.0 Å². The van der Waals surface area contributed by atoms with Crippen LogP contribution in [0.3, 0.4) is 0 Å². The van der Waals surface area contributed by atoms with Crippen LogP contribution in [0.15, 0.2) is 29.1 Å². The first-order valence-corrected chi connectivity index (χ1v) is 10.2. The molecular weight excluding hydrogens is 324 g/mol. The molecular formula is C21H28N4O. The van der Waals surface area contributed by atoms with Crippen molar-refractivity contribution >= 4 is 16.7 Å². The standard InChI is InChI=1S/C21H28N4O/c26-20-23-18-7-3-2-6-17(18)19-22-16(15-25(19)20)14-24-12-10-21(11-13-24)8-4-1-5-9-21/h2-3,6-7,16,22H,1,4-5,8-15H2. The number of hydrogen-bond donors (Lipinski definition) is 1. The molecule has 0 bridgehead atoms.